The van der Waals surface area contributed by atoms with Gasteiger partial charge in [0.25, 0.3) is 0 Å². The summed E-state index contributed by atoms with van der Waals surface area (Å²) in [5.74, 6) is 0.971. The number of rotatable bonds is 4. The third kappa shape index (κ3) is 4.89. The van der Waals surface area contributed by atoms with Crippen LogP contribution in [0.5, 0.6) is 0 Å². The lowest BCUT2D eigenvalue weighted by atomic mass is 9.69. The average Bonchev–Trinajstić information content (AvgIpc) is 2.51. The van der Waals surface area contributed by atoms with Gasteiger partial charge in [-0.15, -0.1) is 0 Å². The Bertz CT molecular complexity index is 803. The molecule has 0 fully saturated rings. The van der Waals surface area contributed by atoms with E-state index in [9.17, 15) is 4.39 Å². The first-order valence-corrected chi connectivity index (χ1v) is 9.89. The minimum Gasteiger partial charge on any atom is -0.239 e. The minimum atomic E-state index is -1.40. The van der Waals surface area contributed by atoms with Gasteiger partial charge in [-0.2, -0.15) is 0 Å². The van der Waals surface area contributed by atoms with Crippen molar-refractivity contribution in [3.8, 4) is 0 Å². The summed E-state index contributed by atoms with van der Waals surface area (Å²) in [7, 11) is 0. The molecule has 0 bridgehead atoms. The van der Waals surface area contributed by atoms with E-state index in [-0.39, 0.29) is 5.41 Å². The number of benzene rings is 1. The summed E-state index contributed by atoms with van der Waals surface area (Å²) in [6, 6.07) is 7.76. The summed E-state index contributed by atoms with van der Waals surface area (Å²) < 4.78 is 14.8. The van der Waals surface area contributed by atoms with Crippen molar-refractivity contribution in [2.24, 2.45) is 17.3 Å². The zero-order valence-corrected chi connectivity index (χ0v) is 18.3. The molecule has 0 aliphatic heterocycles. The van der Waals surface area contributed by atoms with E-state index in [0.717, 1.165) is 16.7 Å². The second kappa shape index (κ2) is 7.62. The van der Waals surface area contributed by atoms with E-state index in [0.29, 0.717) is 17.4 Å². The molecular weight excluding hydrogens is 331 g/mol. The molecule has 0 amide bonds. The molecule has 0 saturated carbocycles. The second-order valence-corrected chi connectivity index (χ2v) is 9.58. The maximum atomic E-state index is 14.8. The van der Waals surface area contributed by atoms with Crippen LogP contribution in [0.3, 0.4) is 0 Å². The Morgan fingerprint density at radius 3 is 2.19 bits per heavy atom. The van der Waals surface area contributed by atoms with Crippen LogP contribution < -0.4 is 0 Å². The van der Waals surface area contributed by atoms with Gasteiger partial charge in [0.15, 0.2) is 0 Å². The molecule has 0 spiro atoms. The predicted molar refractivity (Wildman–Crippen MR) is 117 cm³/mol. The van der Waals surface area contributed by atoms with Crippen molar-refractivity contribution in [3.63, 3.8) is 0 Å². The van der Waals surface area contributed by atoms with E-state index < -0.39 is 5.67 Å². The molecule has 0 nitrogen and oxygen atoms in total. The summed E-state index contributed by atoms with van der Waals surface area (Å²) in [5.41, 5.74) is 4.88. The van der Waals surface area contributed by atoms with Crippen molar-refractivity contribution in [3.05, 3.63) is 76.9 Å². The van der Waals surface area contributed by atoms with Crippen LogP contribution in [0.25, 0.3) is 5.57 Å². The largest absolute Gasteiger partial charge is 0.239 e. The van der Waals surface area contributed by atoms with E-state index in [1.54, 1.807) is 13.8 Å². The average molecular weight is 367 g/mol. The number of alkyl halides is 1. The first kappa shape index (κ1) is 21.4. The highest BCUT2D eigenvalue weighted by atomic mass is 19.1. The lowest BCUT2D eigenvalue weighted by molar-refractivity contribution is 0.221. The van der Waals surface area contributed by atoms with E-state index >= 15 is 0 Å². The van der Waals surface area contributed by atoms with Crippen LogP contribution in [0, 0.1) is 17.3 Å². The van der Waals surface area contributed by atoms with Gasteiger partial charge in [-0.05, 0) is 78.9 Å². The lowest BCUT2D eigenvalue weighted by Gasteiger charge is -2.35. The summed E-state index contributed by atoms with van der Waals surface area (Å²) in [6.07, 6.45) is 6.96. The van der Waals surface area contributed by atoms with Gasteiger partial charge in [-0.25, -0.2) is 4.39 Å². The SMILES string of the molecule is C=C(C)/C(=C\C1=CC(C(C)(C)C)C(C)C=C1C)c1ccccc1C(C)(C)F. The van der Waals surface area contributed by atoms with Gasteiger partial charge in [-0.1, -0.05) is 76.3 Å². The fraction of sp³-hybridized carbons (Fsp3) is 0.462. The van der Waals surface area contributed by atoms with Crippen LogP contribution in [-0.4, -0.2) is 0 Å². The fourth-order valence-corrected chi connectivity index (χ4v) is 4.09. The summed E-state index contributed by atoms with van der Waals surface area (Å²) in [6.45, 7) is 20.8. The van der Waals surface area contributed by atoms with Gasteiger partial charge >= 0.3 is 0 Å². The Kier molecular flexibility index (Phi) is 6.04. The van der Waals surface area contributed by atoms with E-state index in [1.807, 2.05) is 31.2 Å². The standard InChI is InChI=1S/C26H35F/c1-17(2)22(21-12-10-11-13-23(21)26(8,9)27)15-20-16-24(25(5,6)7)19(4)14-18(20)3/h10-16,19,24H,1H2,2-9H3/b22-15+. The molecule has 2 rings (SSSR count). The summed E-state index contributed by atoms with van der Waals surface area (Å²) in [5, 5.41) is 0. The molecule has 1 heteroatoms. The van der Waals surface area contributed by atoms with E-state index in [2.05, 4.69) is 59.4 Å². The number of allylic oxidation sites excluding steroid dienone is 7. The van der Waals surface area contributed by atoms with Gasteiger partial charge in [0, 0.05) is 0 Å². The monoisotopic (exact) mass is 366 g/mol. The first-order valence-electron chi connectivity index (χ1n) is 9.89. The number of hydrogen-bond acceptors (Lipinski definition) is 0. The zero-order valence-electron chi connectivity index (χ0n) is 18.3. The molecule has 2 unspecified atom stereocenters. The molecule has 1 aliphatic rings. The van der Waals surface area contributed by atoms with E-state index in [1.165, 1.54) is 11.1 Å². The lowest BCUT2D eigenvalue weighted by Crippen LogP contribution is -2.26. The third-order valence-electron chi connectivity index (χ3n) is 5.51. The minimum absolute atomic E-state index is 0.192. The molecule has 27 heavy (non-hydrogen) atoms. The topological polar surface area (TPSA) is 0 Å². The highest BCUT2D eigenvalue weighted by molar-refractivity contribution is 5.82. The zero-order chi connectivity index (χ0) is 20.6. The molecule has 0 aromatic heterocycles. The number of halogens is 1. The van der Waals surface area contributed by atoms with Crippen molar-refractivity contribution >= 4 is 5.57 Å². The molecule has 0 saturated heterocycles. The smallest absolute Gasteiger partial charge is 0.131 e. The maximum Gasteiger partial charge on any atom is 0.131 e. The van der Waals surface area contributed by atoms with E-state index in [4.69, 9.17) is 0 Å². The Hall–Kier alpha value is -1.89. The van der Waals surface area contributed by atoms with Crippen LogP contribution in [-0.2, 0) is 5.67 Å². The first-order chi connectivity index (χ1) is 12.3. The Balaban J connectivity index is 2.63. The van der Waals surface area contributed by atoms with Crippen LogP contribution in [0.1, 0.15) is 66.5 Å². The van der Waals surface area contributed by atoms with Crippen LogP contribution in [0.4, 0.5) is 4.39 Å². The third-order valence-corrected chi connectivity index (χ3v) is 5.51. The second-order valence-electron chi connectivity index (χ2n) is 9.58. The molecule has 1 aromatic carbocycles. The van der Waals surface area contributed by atoms with Gasteiger partial charge < -0.3 is 0 Å². The van der Waals surface area contributed by atoms with Gasteiger partial charge in [0.1, 0.15) is 5.67 Å². The Morgan fingerprint density at radius 2 is 1.67 bits per heavy atom. The number of hydrogen-bond donors (Lipinski definition) is 0. The van der Waals surface area contributed by atoms with Crippen molar-refractivity contribution < 1.29 is 4.39 Å². The molecule has 1 aromatic rings. The molecule has 146 valence electrons. The quantitative estimate of drug-likeness (QED) is 0.473. The van der Waals surface area contributed by atoms with Gasteiger partial charge in [-0.3, -0.25) is 0 Å². The van der Waals surface area contributed by atoms with Crippen LogP contribution >= 0.6 is 0 Å². The molecule has 0 radical (unpaired) electrons. The van der Waals surface area contributed by atoms with Gasteiger partial charge in [0.2, 0.25) is 0 Å². The van der Waals surface area contributed by atoms with Crippen LogP contribution in [0.15, 0.2) is 65.8 Å². The molecule has 2 atom stereocenters. The highest BCUT2D eigenvalue weighted by Crippen LogP contribution is 2.41. The molecule has 0 N–H and O–H groups in total. The Morgan fingerprint density at radius 1 is 1.07 bits per heavy atom. The normalized spacial score (nSPS) is 21.6. The van der Waals surface area contributed by atoms with Crippen LogP contribution in [0.2, 0.25) is 0 Å². The molecular formula is C26H35F. The predicted octanol–water partition coefficient (Wildman–Crippen LogP) is 8.04. The summed E-state index contributed by atoms with van der Waals surface area (Å²) in [4.78, 5) is 0. The Labute approximate surface area is 165 Å². The maximum absolute atomic E-state index is 14.8. The molecule has 0 heterocycles. The molecule has 1 aliphatic carbocycles. The van der Waals surface area contributed by atoms with Crippen molar-refractivity contribution in [1.29, 1.82) is 0 Å². The van der Waals surface area contributed by atoms with Crippen molar-refractivity contribution in [2.75, 3.05) is 0 Å². The highest BCUT2D eigenvalue weighted by Gasteiger charge is 2.30. The van der Waals surface area contributed by atoms with Gasteiger partial charge in [0.05, 0.1) is 0 Å². The van der Waals surface area contributed by atoms with Crippen molar-refractivity contribution in [2.45, 2.75) is 61.1 Å². The van der Waals surface area contributed by atoms with Crippen molar-refractivity contribution in [1.82, 2.24) is 0 Å². The fourth-order valence-electron chi connectivity index (χ4n) is 4.09. The summed E-state index contributed by atoms with van der Waals surface area (Å²) >= 11 is 0.